The van der Waals surface area contributed by atoms with Gasteiger partial charge in [0.15, 0.2) is 0 Å². The zero-order chi connectivity index (χ0) is 26.8. The molecule has 0 saturated carbocycles. The summed E-state index contributed by atoms with van der Waals surface area (Å²) in [7, 11) is 1.43. The zero-order valence-electron chi connectivity index (χ0n) is 20.6. The first-order chi connectivity index (χ1) is 17.8. The fraction of sp³-hybridized carbons (Fsp3) is 0.385. The monoisotopic (exact) mass is 511 g/mol. The molecule has 0 fully saturated rings. The van der Waals surface area contributed by atoms with Crippen LogP contribution in [0, 0.1) is 0 Å². The van der Waals surface area contributed by atoms with Gasteiger partial charge in [0, 0.05) is 51.8 Å². The Morgan fingerprint density at radius 2 is 1.32 bits per heavy atom. The number of hydrogen-bond donors (Lipinski definition) is 5. The van der Waals surface area contributed by atoms with Crippen LogP contribution in [0.4, 0.5) is 0 Å². The molecule has 3 aromatic heterocycles. The second-order valence-electron chi connectivity index (χ2n) is 8.81. The van der Waals surface area contributed by atoms with Crippen LogP contribution in [-0.2, 0) is 19.6 Å². The molecule has 0 bridgehead atoms. The number of pyridine rings is 3. The SMILES string of the molecule is CN(CC(O)C(O)C(O)C(O)CO)C(=O)c1ccc(CN(Cc2ccccn2)Cc2ccccn2)nc1. The van der Waals surface area contributed by atoms with Gasteiger partial charge in [-0.25, -0.2) is 0 Å². The maximum atomic E-state index is 12.8. The van der Waals surface area contributed by atoms with Crippen molar-refractivity contribution in [2.45, 2.75) is 44.1 Å². The Bertz CT molecular complexity index is 1050. The van der Waals surface area contributed by atoms with Crippen LogP contribution in [0.2, 0.25) is 0 Å². The molecule has 0 radical (unpaired) electrons. The highest BCUT2D eigenvalue weighted by molar-refractivity contribution is 5.93. The van der Waals surface area contributed by atoms with E-state index in [9.17, 15) is 25.2 Å². The molecule has 37 heavy (non-hydrogen) atoms. The lowest BCUT2D eigenvalue weighted by atomic mass is 10.0. The molecule has 5 N–H and O–H groups in total. The average molecular weight is 512 g/mol. The summed E-state index contributed by atoms with van der Waals surface area (Å²) in [6.45, 7) is 0.574. The number of amides is 1. The van der Waals surface area contributed by atoms with Gasteiger partial charge in [0.2, 0.25) is 0 Å². The van der Waals surface area contributed by atoms with Crippen molar-refractivity contribution in [1.82, 2.24) is 24.8 Å². The van der Waals surface area contributed by atoms with Crippen molar-refractivity contribution >= 4 is 5.91 Å². The van der Waals surface area contributed by atoms with Crippen LogP contribution >= 0.6 is 0 Å². The number of aromatic nitrogens is 3. The third kappa shape index (κ3) is 8.35. The number of aliphatic hydroxyl groups excluding tert-OH is 5. The summed E-state index contributed by atoms with van der Waals surface area (Å²) in [6, 6.07) is 14.9. The molecular weight excluding hydrogens is 478 g/mol. The Kier molecular flexibility index (Phi) is 10.6. The molecule has 3 rings (SSSR count). The topological polar surface area (TPSA) is 163 Å². The molecule has 0 aliphatic rings. The second-order valence-corrected chi connectivity index (χ2v) is 8.81. The summed E-state index contributed by atoms with van der Waals surface area (Å²) in [5.74, 6) is -0.443. The van der Waals surface area contributed by atoms with Crippen molar-refractivity contribution in [1.29, 1.82) is 0 Å². The number of carbonyl (C=O) groups is 1. The van der Waals surface area contributed by atoms with Gasteiger partial charge < -0.3 is 30.4 Å². The Balaban J connectivity index is 1.63. The van der Waals surface area contributed by atoms with Gasteiger partial charge in [0.25, 0.3) is 5.91 Å². The number of nitrogens with zero attached hydrogens (tertiary/aromatic N) is 5. The van der Waals surface area contributed by atoms with Crippen LogP contribution in [0.1, 0.15) is 27.4 Å². The van der Waals surface area contributed by atoms with Gasteiger partial charge in [-0.2, -0.15) is 0 Å². The fourth-order valence-electron chi connectivity index (χ4n) is 3.74. The summed E-state index contributed by atoms with van der Waals surface area (Å²) in [6.07, 6.45) is -1.72. The Morgan fingerprint density at radius 3 is 1.78 bits per heavy atom. The van der Waals surface area contributed by atoms with Gasteiger partial charge >= 0.3 is 0 Å². The highest BCUT2D eigenvalue weighted by Gasteiger charge is 2.31. The molecule has 3 aromatic rings. The molecule has 4 unspecified atom stereocenters. The van der Waals surface area contributed by atoms with E-state index in [4.69, 9.17) is 5.11 Å². The predicted molar refractivity (Wildman–Crippen MR) is 134 cm³/mol. The minimum absolute atomic E-state index is 0.282. The van der Waals surface area contributed by atoms with Gasteiger partial charge in [0.05, 0.1) is 29.3 Å². The van der Waals surface area contributed by atoms with Crippen molar-refractivity contribution in [3.05, 3.63) is 89.8 Å². The molecule has 0 aliphatic heterocycles. The number of likely N-dealkylation sites (N-methyl/N-ethyl adjacent to an activating group) is 1. The van der Waals surface area contributed by atoms with E-state index in [1.54, 1.807) is 24.5 Å². The maximum absolute atomic E-state index is 12.8. The molecular formula is C26H33N5O6. The maximum Gasteiger partial charge on any atom is 0.255 e. The van der Waals surface area contributed by atoms with Crippen molar-refractivity contribution < 1.29 is 30.3 Å². The minimum Gasteiger partial charge on any atom is -0.394 e. The van der Waals surface area contributed by atoms with Crippen molar-refractivity contribution in [3.8, 4) is 0 Å². The van der Waals surface area contributed by atoms with E-state index in [2.05, 4.69) is 19.9 Å². The van der Waals surface area contributed by atoms with Gasteiger partial charge in [-0.05, 0) is 36.4 Å². The third-order valence-corrected chi connectivity index (χ3v) is 5.81. The average Bonchev–Trinajstić information content (AvgIpc) is 2.92. The lowest BCUT2D eigenvalue weighted by Crippen LogP contribution is -2.50. The highest BCUT2D eigenvalue weighted by Crippen LogP contribution is 2.13. The normalized spacial score (nSPS) is 14.7. The first-order valence-electron chi connectivity index (χ1n) is 11.8. The number of hydrogen-bond acceptors (Lipinski definition) is 10. The minimum atomic E-state index is -1.76. The van der Waals surface area contributed by atoms with Crippen molar-refractivity contribution in [2.75, 3.05) is 20.2 Å². The lowest BCUT2D eigenvalue weighted by molar-refractivity contribution is -0.117. The summed E-state index contributed by atoms with van der Waals surface area (Å²) < 4.78 is 0. The van der Waals surface area contributed by atoms with Crippen LogP contribution in [0.15, 0.2) is 67.1 Å². The van der Waals surface area contributed by atoms with E-state index < -0.39 is 36.9 Å². The van der Waals surface area contributed by atoms with Crippen LogP contribution in [0.3, 0.4) is 0 Å². The van der Waals surface area contributed by atoms with Gasteiger partial charge in [0.1, 0.15) is 24.4 Å². The summed E-state index contributed by atoms with van der Waals surface area (Å²) in [4.78, 5) is 29.4. The third-order valence-electron chi connectivity index (χ3n) is 5.81. The van der Waals surface area contributed by atoms with Crippen LogP contribution in [0.25, 0.3) is 0 Å². The van der Waals surface area contributed by atoms with Crippen LogP contribution in [0.5, 0.6) is 0 Å². The van der Waals surface area contributed by atoms with E-state index in [0.717, 1.165) is 17.1 Å². The first-order valence-corrected chi connectivity index (χ1v) is 11.8. The summed E-state index contributed by atoms with van der Waals surface area (Å²) in [5, 5.41) is 48.3. The number of aliphatic hydroxyl groups is 5. The standard InChI is InChI=1S/C26H33N5O6/c1-30(16-22(33)24(35)25(36)23(34)17-32)26(37)18-8-9-21(29-12-18)15-31(13-19-6-2-4-10-27-19)14-20-7-3-5-11-28-20/h2-12,22-25,32-36H,13-17H2,1H3. The van der Waals surface area contributed by atoms with Crippen molar-refractivity contribution in [2.24, 2.45) is 0 Å². The van der Waals surface area contributed by atoms with E-state index in [0.29, 0.717) is 19.6 Å². The molecule has 11 nitrogen and oxygen atoms in total. The van der Waals surface area contributed by atoms with Crippen molar-refractivity contribution in [3.63, 3.8) is 0 Å². The zero-order valence-corrected chi connectivity index (χ0v) is 20.6. The molecule has 0 saturated heterocycles. The molecule has 1 amide bonds. The Hall–Kier alpha value is -3.32. The number of rotatable bonds is 13. The van der Waals surface area contributed by atoms with Gasteiger partial charge in [-0.15, -0.1) is 0 Å². The predicted octanol–water partition coefficient (Wildman–Crippen LogP) is -0.418. The highest BCUT2D eigenvalue weighted by atomic mass is 16.4. The lowest BCUT2D eigenvalue weighted by Gasteiger charge is -2.28. The molecule has 0 aromatic carbocycles. The molecule has 11 heteroatoms. The second kappa shape index (κ2) is 13.8. The van der Waals surface area contributed by atoms with Gasteiger partial charge in [-0.1, -0.05) is 12.1 Å². The van der Waals surface area contributed by atoms with Gasteiger partial charge in [-0.3, -0.25) is 24.6 Å². The van der Waals surface area contributed by atoms with E-state index in [-0.39, 0.29) is 12.1 Å². The first kappa shape index (κ1) is 28.3. The quantitative estimate of drug-likeness (QED) is 0.204. The summed E-state index contributed by atoms with van der Waals surface area (Å²) >= 11 is 0. The molecule has 0 spiro atoms. The number of carbonyl (C=O) groups excluding carboxylic acids is 1. The fourth-order valence-corrected chi connectivity index (χ4v) is 3.74. The molecule has 3 heterocycles. The largest absolute Gasteiger partial charge is 0.394 e. The molecule has 4 atom stereocenters. The van der Waals surface area contributed by atoms with Crippen LogP contribution in [-0.4, -0.2) is 101 Å². The van der Waals surface area contributed by atoms with E-state index in [1.165, 1.54) is 18.1 Å². The Morgan fingerprint density at radius 1 is 0.784 bits per heavy atom. The Labute approximate surface area is 215 Å². The van der Waals surface area contributed by atoms with E-state index >= 15 is 0 Å². The summed E-state index contributed by atoms with van der Waals surface area (Å²) in [5.41, 5.74) is 2.83. The smallest absolute Gasteiger partial charge is 0.255 e. The van der Waals surface area contributed by atoms with Crippen LogP contribution < -0.4 is 0 Å². The van der Waals surface area contributed by atoms with E-state index in [1.807, 2.05) is 36.4 Å². The molecule has 198 valence electrons. The molecule has 0 aliphatic carbocycles.